The van der Waals surface area contributed by atoms with Crippen LogP contribution in [0.4, 0.5) is 5.69 Å². The number of carbonyl (C=O) groups is 2. The van der Waals surface area contributed by atoms with Gasteiger partial charge in [-0.1, -0.05) is 18.6 Å². The van der Waals surface area contributed by atoms with Gasteiger partial charge in [0, 0.05) is 20.0 Å². The van der Waals surface area contributed by atoms with Gasteiger partial charge >= 0.3 is 0 Å². The van der Waals surface area contributed by atoms with Crippen LogP contribution in [-0.2, 0) is 4.79 Å². The predicted octanol–water partition coefficient (Wildman–Crippen LogP) is 1.70. The SMILES string of the molecule is CN(C)C(=O)c1ccccc1NC(=O)C1CCCC1CN. The van der Waals surface area contributed by atoms with E-state index >= 15 is 0 Å². The molecule has 21 heavy (non-hydrogen) atoms. The van der Waals surface area contributed by atoms with Crippen molar-refractivity contribution in [2.45, 2.75) is 19.3 Å². The first-order valence-electron chi connectivity index (χ1n) is 7.36. The van der Waals surface area contributed by atoms with Crippen LogP contribution in [0.1, 0.15) is 29.6 Å². The summed E-state index contributed by atoms with van der Waals surface area (Å²) in [7, 11) is 3.39. The molecular formula is C16H23N3O2. The number of rotatable bonds is 4. The number of anilines is 1. The molecular weight excluding hydrogens is 266 g/mol. The van der Waals surface area contributed by atoms with Gasteiger partial charge in [-0.25, -0.2) is 0 Å². The smallest absolute Gasteiger partial charge is 0.255 e. The molecule has 3 N–H and O–H groups in total. The highest BCUT2D eigenvalue weighted by molar-refractivity contribution is 6.04. The van der Waals surface area contributed by atoms with Crippen LogP contribution in [0.15, 0.2) is 24.3 Å². The molecule has 1 aliphatic carbocycles. The number of nitrogens with two attached hydrogens (primary N) is 1. The van der Waals surface area contributed by atoms with Gasteiger partial charge < -0.3 is 16.0 Å². The molecule has 114 valence electrons. The van der Waals surface area contributed by atoms with Gasteiger partial charge in [0.25, 0.3) is 5.91 Å². The fourth-order valence-electron chi connectivity index (χ4n) is 2.91. The topological polar surface area (TPSA) is 75.4 Å². The Balaban J connectivity index is 2.16. The zero-order valence-corrected chi connectivity index (χ0v) is 12.6. The van der Waals surface area contributed by atoms with Crippen molar-refractivity contribution < 1.29 is 9.59 Å². The summed E-state index contributed by atoms with van der Waals surface area (Å²) < 4.78 is 0. The Bertz CT molecular complexity index is 528. The lowest BCUT2D eigenvalue weighted by atomic mass is 9.95. The van der Waals surface area contributed by atoms with Crippen LogP contribution >= 0.6 is 0 Å². The zero-order chi connectivity index (χ0) is 15.4. The fourth-order valence-corrected chi connectivity index (χ4v) is 2.91. The molecule has 0 bridgehead atoms. The molecule has 1 aromatic carbocycles. The summed E-state index contributed by atoms with van der Waals surface area (Å²) in [5, 5.41) is 2.91. The van der Waals surface area contributed by atoms with Gasteiger partial charge in [0.2, 0.25) is 5.91 Å². The summed E-state index contributed by atoms with van der Waals surface area (Å²) in [6.45, 7) is 0.538. The Morgan fingerprint density at radius 3 is 2.67 bits per heavy atom. The standard InChI is InChI=1S/C16H23N3O2/c1-19(2)16(21)13-7-3-4-9-14(13)18-15(20)12-8-5-6-11(12)10-17/h3-4,7,9,11-12H,5-6,8,10,17H2,1-2H3,(H,18,20). The van der Waals surface area contributed by atoms with Crippen molar-refractivity contribution >= 4 is 17.5 Å². The normalized spacial score (nSPS) is 21.1. The highest BCUT2D eigenvalue weighted by Crippen LogP contribution is 2.32. The summed E-state index contributed by atoms with van der Waals surface area (Å²) in [5.41, 5.74) is 6.82. The molecule has 2 rings (SSSR count). The quantitative estimate of drug-likeness (QED) is 0.886. The lowest BCUT2D eigenvalue weighted by Gasteiger charge is -2.19. The monoisotopic (exact) mass is 289 g/mol. The summed E-state index contributed by atoms with van der Waals surface area (Å²) >= 11 is 0. The van der Waals surface area contributed by atoms with Gasteiger partial charge in [0.15, 0.2) is 0 Å². The number of amides is 2. The molecule has 2 atom stereocenters. The van der Waals surface area contributed by atoms with Gasteiger partial charge in [0.05, 0.1) is 11.3 Å². The molecule has 0 saturated heterocycles. The van der Waals surface area contributed by atoms with E-state index in [1.54, 1.807) is 32.3 Å². The minimum Gasteiger partial charge on any atom is -0.345 e. The molecule has 1 aromatic rings. The zero-order valence-electron chi connectivity index (χ0n) is 12.6. The number of para-hydroxylation sites is 1. The largest absolute Gasteiger partial charge is 0.345 e. The summed E-state index contributed by atoms with van der Waals surface area (Å²) in [6, 6.07) is 7.11. The van der Waals surface area contributed by atoms with E-state index in [-0.39, 0.29) is 23.7 Å². The minimum absolute atomic E-state index is 0.0260. The molecule has 1 aliphatic rings. The number of nitrogens with zero attached hydrogens (tertiary/aromatic N) is 1. The Labute approximate surface area is 125 Å². The Morgan fingerprint density at radius 1 is 1.29 bits per heavy atom. The van der Waals surface area contributed by atoms with Gasteiger partial charge in [-0.05, 0) is 37.4 Å². The maximum atomic E-state index is 12.4. The molecule has 1 saturated carbocycles. The van der Waals surface area contributed by atoms with Crippen LogP contribution in [0.2, 0.25) is 0 Å². The third kappa shape index (κ3) is 3.42. The Kier molecular flexibility index (Phi) is 4.96. The van der Waals surface area contributed by atoms with E-state index in [1.165, 1.54) is 4.90 Å². The molecule has 0 aromatic heterocycles. The highest BCUT2D eigenvalue weighted by Gasteiger charge is 2.32. The van der Waals surface area contributed by atoms with E-state index < -0.39 is 0 Å². The van der Waals surface area contributed by atoms with Crippen LogP contribution in [0.3, 0.4) is 0 Å². The maximum Gasteiger partial charge on any atom is 0.255 e. The summed E-state index contributed by atoms with van der Waals surface area (Å²) in [4.78, 5) is 26.1. The highest BCUT2D eigenvalue weighted by atomic mass is 16.2. The number of hydrogen-bond donors (Lipinski definition) is 2. The maximum absolute atomic E-state index is 12.4. The molecule has 0 spiro atoms. The number of nitrogens with one attached hydrogen (secondary N) is 1. The van der Waals surface area contributed by atoms with E-state index in [9.17, 15) is 9.59 Å². The van der Waals surface area contributed by atoms with Crippen molar-refractivity contribution in [1.82, 2.24) is 4.90 Å². The first-order chi connectivity index (χ1) is 10.0. The number of carbonyl (C=O) groups excluding carboxylic acids is 2. The number of benzene rings is 1. The number of hydrogen-bond acceptors (Lipinski definition) is 3. The first-order valence-corrected chi connectivity index (χ1v) is 7.36. The van der Waals surface area contributed by atoms with Crippen molar-refractivity contribution in [2.24, 2.45) is 17.6 Å². The Morgan fingerprint density at radius 2 is 2.00 bits per heavy atom. The van der Waals surface area contributed by atoms with Gasteiger partial charge in [-0.15, -0.1) is 0 Å². The molecule has 2 amide bonds. The average Bonchev–Trinajstić information content (AvgIpc) is 2.95. The van der Waals surface area contributed by atoms with E-state index in [0.29, 0.717) is 17.8 Å². The van der Waals surface area contributed by atoms with Gasteiger partial charge in [-0.3, -0.25) is 9.59 Å². The lowest BCUT2D eigenvalue weighted by Crippen LogP contribution is -2.31. The van der Waals surface area contributed by atoms with Crippen LogP contribution in [0.25, 0.3) is 0 Å². The van der Waals surface area contributed by atoms with Crippen molar-refractivity contribution in [3.63, 3.8) is 0 Å². The summed E-state index contributed by atoms with van der Waals surface area (Å²) in [6.07, 6.45) is 2.92. The van der Waals surface area contributed by atoms with Crippen LogP contribution in [0.5, 0.6) is 0 Å². The lowest BCUT2D eigenvalue weighted by molar-refractivity contribution is -0.120. The molecule has 0 aliphatic heterocycles. The average molecular weight is 289 g/mol. The second kappa shape index (κ2) is 6.72. The Hall–Kier alpha value is -1.88. The van der Waals surface area contributed by atoms with Crippen molar-refractivity contribution in [1.29, 1.82) is 0 Å². The van der Waals surface area contributed by atoms with Crippen LogP contribution in [0, 0.1) is 11.8 Å². The van der Waals surface area contributed by atoms with Gasteiger partial charge in [0.1, 0.15) is 0 Å². The molecule has 5 nitrogen and oxygen atoms in total. The molecule has 5 heteroatoms. The minimum atomic E-state index is -0.118. The first kappa shape index (κ1) is 15.5. The van der Waals surface area contributed by atoms with E-state index in [1.807, 2.05) is 6.07 Å². The van der Waals surface area contributed by atoms with E-state index in [0.717, 1.165) is 19.3 Å². The van der Waals surface area contributed by atoms with E-state index in [2.05, 4.69) is 5.32 Å². The predicted molar refractivity (Wildman–Crippen MR) is 83.0 cm³/mol. The summed E-state index contributed by atoms with van der Waals surface area (Å²) in [5.74, 6) is 0.0638. The molecule has 2 unspecified atom stereocenters. The third-order valence-corrected chi connectivity index (χ3v) is 4.12. The van der Waals surface area contributed by atoms with Gasteiger partial charge in [-0.2, -0.15) is 0 Å². The van der Waals surface area contributed by atoms with E-state index in [4.69, 9.17) is 5.73 Å². The molecule has 0 heterocycles. The van der Waals surface area contributed by atoms with Crippen molar-refractivity contribution in [3.8, 4) is 0 Å². The van der Waals surface area contributed by atoms with Crippen molar-refractivity contribution in [3.05, 3.63) is 29.8 Å². The van der Waals surface area contributed by atoms with Crippen LogP contribution in [-0.4, -0.2) is 37.4 Å². The second-order valence-corrected chi connectivity index (χ2v) is 5.77. The third-order valence-electron chi connectivity index (χ3n) is 4.12. The van der Waals surface area contributed by atoms with Crippen LogP contribution < -0.4 is 11.1 Å². The molecule has 1 fully saturated rings. The fraction of sp³-hybridized carbons (Fsp3) is 0.500. The molecule has 0 radical (unpaired) electrons. The van der Waals surface area contributed by atoms with Crippen molar-refractivity contribution in [2.75, 3.05) is 26.0 Å². The second-order valence-electron chi connectivity index (χ2n) is 5.77.